The lowest BCUT2D eigenvalue weighted by molar-refractivity contribution is 0.284. The number of halogens is 1. The van der Waals surface area contributed by atoms with E-state index in [4.69, 9.17) is 11.6 Å². The number of nitrogens with zero attached hydrogens (tertiary/aromatic N) is 1. The number of nitrogens with one attached hydrogen (secondary N) is 1. The highest BCUT2D eigenvalue weighted by Gasteiger charge is 2.02. The first-order valence-electron chi connectivity index (χ1n) is 5.30. The number of anilines is 1. The first-order chi connectivity index (χ1) is 7.11. The molecule has 3 heteroatoms. The molecule has 0 aliphatic heterocycles. The van der Waals surface area contributed by atoms with Crippen molar-refractivity contribution in [1.29, 1.82) is 0 Å². The van der Waals surface area contributed by atoms with Gasteiger partial charge in [0.2, 0.25) is 0 Å². The number of hydrogen-bond acceptors (Lipinski definition) is 2. The molecular weight excluding hydrogens is 208 g/mol. The maximum absolute atomic E-state index is 6.03. The Morgan fingerprint density at radius 2 is 2.00 bits per heavy atom. The van der Waals surface area contributed by atoms with E-state index in [0.29, 0.717) is 6.04 Å². The maximum Gasteiger partial charge on any atom is 0.0637 e. The molecule has 0 aromatic heterocycles. The number of likely N-dealkylation sites (N-methyl/N-ethyl adjacent to an activating group) is 1. The topological polar surface area (TPSA) is 15.3 Å². The third-order valence-corrected chi connectivity index (χ3v) is 2.86. The number of benzene rings is 1. The highest BCUT2D eigenvalue weighted by atomic mass is 35.5. The molecule has 0 aliphatic carbocycles. The molecule has 0 fully saturated rings. The Balaban J connectivity index is 2.35. The van der Waals surface area contributed by atoms with Crippen molar-refractivity contribution in [3.63, 3.8) is 0 Å². The standard InChI is InChI=1S/C12H19ClN2/c1-10(2)15(3)9-8-14-12-7-5-4-6-11(12)13/h4-7,10,14H,8-9H2,1-3H3. The quantitative estimate of drug-likeness (QED) is 0.830. The second-order valence-electron chi connectivity index (χ2n) is 3.98. The van der Waals surface area contributed by atoms with Crippen LogP contribution >= 0.6 is 11.6 Å². The molecule has 1 aromatic rings. The van der Waals surface area contributed by atoms with Gasteiger partial charge in [0.1, 0.15) is 0 Å². The van der Waals surface area contributed by atoms with E-state index in [-0.39, 0.29) is 0 Å². The molecule has 0 saturated heterocycles. The Kier molecular flexibility index (Phi) is 4.92. The van der Waals surface area contributed by atoms with Crippen LogP contribution in [-0.4, -0.2) is 31.1 Å². The molecule has 0 radical (unpaired) electrons. The van der Waals surface area contributed by atoms with Crippen molar-refractivity contribution in [3.8, 4) is 0 Å². The van der Waals surface area contributed by atoms with Gasteiger partial charge in [-0.1, -0.05) is 23.7 Å². The largest absolute Gasteiger partial charge is 0.383 e. The Labute approximate surface area is 97.2 Å². The van der Waals surface area contributed by atoms with Crippen LogP contribution in [0.5, 0.6) is 0 Å². The first-order valence-corrected chi connectivity index (χ1v) is 5.67. The van der Waals surface area contributed by atoms with Gasteiger partial charge in [-0.2, -0.15) is 0 Å². The normalized spacial score (nSPS) is 11.1. The molecule has 0 saturated carbocycles. The SMILES string of the molecule is CC(C)N(C)CCNc1ccccc1Cl. The molecule has 2 nitrogen and oxygen atoms in total. The van der Waals surface area contributed by atoms with Gasteiger partial charge in [0.25, 0.3) is 0 Å². The summed E-state index contributed by atoms with van der Waals surface area (Å²) in [7, 11) is 2.12. The monoisotopic (exact) mass is 226 g/mol. The van der Waals surface area contributed by atoms with Gasteiger partial charge in [0, 0.05) is 19.1 Å². The van der Waals surface area contributed by atoms with Gasteiger partial charge in [0.15, 0.2) is 0 Å². The highest BCUT2D eigenvalue weighted by Crippen LogP contribution is 2.19. The summed E-state index contributed by atoms with van der Waals surface area (Å²) in [5, 5.41) is 4.11. The molecule has 0 aliphatic rings. The van der Waals surface area contributed by atoms with Gasteiger partial charge < -0.3 is 10.2 Å². The van der Waals surface area contributed by atoms with Crippen molar-refractivity contribution < 1.29 is 0 Å². The summed E-state index contributed by atoms with van der Waals surface area (Å²) >= 11 is 6.03. The van der Waals surface area contributed by atoms with E-state index in [1.807, 2.05) is 24.3 Å². The maximum atomic E-state index is 6.03. The van der Waals surface area contributed by atoms with Crippen molar-refractivity contribution in [1.82, 2.24) is 4.90 Å². The van der Waals surface area contributed by atoms with E-state index in [2.05, 4.69) is 31.1 Å². The van der Waals surface area contributed by atoms with Crippen LogP contribution in [0, 0.1) is 0 Å². The third-order valence-electron chi connectivity index (χ3n) is 2.54. The van der Waals surface area contributed by atoms with Crippen LogP contribution in [0.3, 0.4) is 0 Å². The fraction of sp³-hybridized carbons (Fsp3) is 0.500. The summed E-state index contributed by atoms with van der Waals surface area (Å²) in [6.45, 7) is 6.31. The molecular formula is C12H19ClN2. The Bertz CT molecular complexity index is 299. The Morgan fingerprint density at radius 1 is 1.33 bits per heavy atom. The van der Waals surface area contributed by atoms with E-state index in [1.54, 1.807) is 0 Å². The van der Waals surface area contributed by atoms with Crippen LogP contribution < -0.4 is 5.32 Å². The summed E-state index contributed by atoms with van der Waals surface area (Å²) in [6, 6.07) is 8.40. The van der Waals surface area contributed by atoms with Crippen molar-refractivity contribution in [2.45, 2.75) is 19.9 Å². The van der Waals surface area contributed by atoms with Crippen molar-refractivity contribution in [2.24, 2.45) is 0 Å². The molecule has 0 atom stereocenters. The zero-order valence-electron chi connectivity index (χ0n) is 9.63. The lowest BCUT2D eigenvalue weighted by atomic mass is 10.3. The van der Waals surface area contributed by atoms with Crippen molar-refractivity contribution in [3.05, 3.63) is 29.3 Å². The lowest BCUT2D eigenvalue weighted by Gasteiger charge is -2.21. The minimum atomic E-state index is 0.582. The lowest BCUT2D eigenvalue weighted by Crippen LogP contribution is -2.31. The molecule has 1 rings (SSSR count). The fourth-order valence-corrected chi connectivity index (χ4v) is 1.43. The van der Waals surface area contributed by atoms with E-state index in [1.165, 1.54) is 0 Å². The minimum absolute atomic E-state index is 0.582. The van der Waals surface area contributed by atoms with Gasteiger partial charge in [-0.25, -0.2) is 0 Å². The van der Waals surface area contributed by atoms with Crippen LogP contribution in [0.2, 0.25) is 5.02 Å². The summed E-state index contributed by atoms with van der Waals surface area (Å²) in [6.07, 6.45) is 0. The van der Waals surface area contributed by atoms with E-state index in [9.17, 15) is 0 Å². The molecule has 0 heterocycles. The summed E-state index contributed by atoms with van der Waals surface area (Å²) < 4.78 is 0. The van der Waals surface area contributed by atoms with Gasteiger partial charge in [-0.3, -0.25) is 0 Å². The average Bonchev–Trinajstić information content (AvgIpc) is 2.20. The molecule has 1 aromatic carbocycles. The zero-order chi connectivity index (χ0) is 11.3. The second-order valence-corrected chi connectivity index (χ2v) is 4.39. The van der Waals surface area contributed by atoms with Crippen LogP contribution in [0.15, 0.2) is 24.3 Å². The van der Waals surface area contributed by atoms with Crippen LogP contribution in [0.4, 0.5) is 5.69 Å². The molecule has 0 amide bonds. The first kappa shape index (κ1) is 12.3. The fourth-order valence-electron chi connectivity index (χ4n) is 1.23. The van der Waals surface area contributed by atoms with Crippen LogP contribution in [0.25, 0.3) is 0 Å². The van der Waals surface area contributed by atoms with Gasteiger partial charge in [-0.05, 0) is 33.0 Å². The van der Waals surface area contributed by atoms with Gasteiger partial charge >= 0.3 is 0 Å². The average molecular weight is 227 g/mol. The van der Waals surface area contributed by atoms with Crippen LogP contribution in [-0.2, 0) is 0 Å². The van der Waals surface area contributed by atoms with Gasteiger partial charge in [-0.15, -0.1) is 0 Å². The van der Waals surface area contributed by atoms with E-state index >= 15 is 0 Å². The predicted molar refractivity (Wildman–Crippen MR) is 67.7 cm³/mol. The zero-order valence-corrected chi connectivity index (χ0v) is 10.4. The number of hydrogen-bond donors (Lipinski definition) is 1. The Hall–Kier alpha value is -0.730. The third kappa shape index (κ3) is 4.10. The number of rotatable bonds is 5. The Morgan fingerprint density at radius 3 is 2.60 bits per heavy atom. The van der Waals surface area contributed by atoms with Gasteiger partial charge in [0.05, 0.1) is 10.7 Å². The smallest absolute Gasteiger partial charge is 0.0637 e. The molecule has 0 bridgehead atoms. The van der Waals surface area contributed by atoms with Crippen molar-refractivity contribution >= 4 is 17.3 Å². The molecule has 0 spiro atoms. The molecule has 1 N–H and O–H groups in total. The number of para-hydroxylation sites is 1. The highest BCUT2D eigenvalue weighted by molar-refractivity contribution is 6.33. The second kappa shape index (κ2) is 5.99. The van der Waals surface area contributed by atoms with Crippen LogP contribution in [0.1, 0.15) is 13.8 Å². The predicted octanol–water partition coefficient (Wildman–Crippen LogP) is 3.09. The van der Waals surface area contributed by atoms with Crippen molar-refractivity contribution in [2.75, 3.05) is 25.5 Å². The summed E-state index contributed by atoms with van der Waals surface area (Å²) in [4.78, 5) is 2.30. The summed E-state index contributed by atoms with van der Waals surface area (Å²) in [5.74, 6) is 0. The summed E-state index contributed by atoms with van der Waals surface area (Å²) in [5.41, 5.74) is 1.01. The molecule has 15 heavy (non-hydrogen) atoms. The van der Waals surface area contributed by atoms with E-state index in [0.717, 1.165) is 23.8 Å². The minimum Gasteiger partial charge on any atom is -0.383 e. The molecule has 84 valence electrons. The van der Waals surface area contributed by atoms with E-state index < -0.39 is 0 Å². The molecule has 0 unspecified atom stereocenters.